The van der Waals surface area contributed by atoms with Crippen LogP contribution in [0.2, 0.25) is 5.02 Å². The van der Waals surface area contributed by atoms with E-state index in [9.17, 15) is 4.79 Å². The summed E-state index contributed by atoms with van der Waals surface area (Å²) in [5, 5.41) is 0.681. The summed E-state index contributed by atoms with van der Waals surface area (Å²) in [5.74, 6) is 0. The van der Waals surface area contributed by atoms with E-state index in [0.29, 0.717) is 11.6 Å². The van der Waals surface area contributed by atoms with Crippen molar-refractivity contribution in [3.8, 4) is 0 Å². The van der Waals surface area contributed by atoms with E-state index in [1.807, 2.05) is 24.3 Å². The highest BCUT2D eigenvalue weighted by Gasteiger charge is 1.99. The van der Waals surface area contributed by atoms with Crippen molar-refractivity contribution in [3.05, 3.63) is 68.0 Å². The molecule has 0 bridgehead atoms. The third kappa shape index (κ3) is 2.74. The molecule has 0 unspecified atom stereocenters. The van der Waals surface area contributed by atoms with E-state index in [0.717, 1.165) is 10.0 Å². The predicted octanol–water partition coefficient (Wildman–Crippen LogP) is 3.31. The molecule has 2 rings (SSSR count). The fraction of sp³-hybridized carbons (Fsp3) is 0.0833. The molecule has 1 aromatic carbocycles. The monoisotopic (exact) mass is 297 g/mol. The second-order valence-electron chi connectivity index (χ2n) is 3.44. The summed E-state index contributed by atoms with van der Waals surface area (Å²) < 4.78 is 2.52. The molecular weight excluding hydrogens is 289 g/mol. The Kier molecular flexibility index (Phi) is 3.46. The van der Waals surface area contributed by atoms with Gasteiger partial charge in [0, 0.05) is 21.8 Å². The average molecular weight is 299 g/mol. The molecule has 0 saturated carbocycles. The molecule has 0 aliphatic carbocycles. The minimum Gasteiger partial charge on any atom is -0.310 e. The van der Waals surface area contributed by atoms with Gasteiger partial charge < -0.3 is 4.57 Å². The van der Waals surface area contributed by atoms with Gasteiger partial charge in [0.05, 0.1) is 6.54 Å². The highest BCUT2D eigenvalue weighted by molar-refractivity contribution is 9.10. The van der Waals surface area contributed by atoms with Crippen molar-refractivity contribution in [2.24, 2.45) is 0 Å². The fourth-order valence-corrected chi connectivity index (χ4v) is 2.05. The van der Waals surface area contributed by atoms with Crippen LogP contribution in [-0.2, 0) is 6.54 Å². The molecule has 0 spiro atoms. The van der Waals surface area contributed by atoms with Crippen molar-refractivity contribution in [1.29, 1.82) is 0 Å². The van der Waals surface area contributed by atoms with E-state index in [-0.39, 0.29) is 5.56 Å². The smallest absolute Gasteiger partial charge is 0.250 e. The number of nitrogens with zero attached hydrogens (tertiary/aromatic N) is 1. The summed E-state index contributed by atoms with van der Waals surface area (Å²) in [6.07, 6.45) is 1.77. The standard InChI is InChI=1S/C12H9BrClNO/c13-10-4-5-12(16)15(8-10)7-9-2-1-3-11(14)6-9/h1-6,8H,7H2. The number of hydrogen-bond acceptors (Lipinski definition) is 1. The fourth-order valence-electron chi connectivity index (χ4n) is 1.46. The number of aromatic nitrogens is 1. The third-order valence-corrected chi connectivity index (χ3v) is 2.89. The molecule has 2 aromatic rings. The first-order chi connectivity index (χ1) is 7.65. The van der Waals surface area contributed by atoms with Crippen molar-refractivity contribution in [2.75, 3.05) is 0 Å². The van der Waals surface area contributed by atoms with E-state index < -0.39 is 0 Å². The van der Waals surface area contributed by atoms with Gasteiger partial charge in [-0.1, -0.05) is 23.7 Å². The van der Waals surface area contributed by atoms with Crippen LogP contribution in [0.4, 0.5) is 0 Å². The first kappa shape index (κ1) is 11.4. The lowest BCUT2D eigenvalue weighted by Gasteiger charge is -2.06. The Labute approximate surface area is 107 Å². The summed E-state index contributed by atoms with van der Waals surface area (Å²) in [4.78, 5) is 11.6. The van der Waals surface area contributed by atoms with Gasteiger partial charge in [-0.15, -0.1) is 0 Å². The van der Waals surface area contributed by atoms with Gasteiger partial charge in [0.1, 0.15) is 0 Å². The Morgan fingerprint density at radius 1 is 1.25 bits per heavy atom. The van der Waals surface area contributed by atoms with Gasteiger partial charge >= 0.3 is 0 Å². The Morgan fingerprint density at radius 3 is 2.81 bits per heavy atom. The van der Waals surface area contributed by atoms with Gasteiger partial charge in [-0.2, -0.15) is 0 Å². The Hall–Kier alpha value is -1.06. The number of rotatable bonds is 2. The normalized spacial score (nSPS) is 10.4. The molecule has 0 radical (unpaired) electrons. The minimum absolute atomic E-state index is 0.0248. The largest absolute Gasteiger partial charge is 0.310 e. The molecule has 0 N–H and O–H groups in total. The van der Waals surface area contributed by atoms with Crippen LogP contribution >= 0.6 is 27.5 Å². The maximum Gasteiger partial charge on any atom is 0.250 e. The first-order valence-electron chi connectivity index (χ1n) is 4.75. The van der Waals surface area contributed by atoms with Crippen LogP contribution in [0.25, 0.3) is 0 Å². The topological polar surface area (TPSA) is 22.0 Å². The average Bonchev–Trinajstić information content (AvgIpc) is 2.24. The Morgan fingerprint density at radius 2 is 2.06 bits per heavy atom. The molecular formula is C12H9BrClNO. The molecule has 0 atom stereocenters. The van der Waals surface area contributed by atoms with E-state index in [4.69, 9.17) is 11.6 Å². The van der Waals surface area contributed by atoms with Gasteiger partial charge in [-0.25, -0.2) is 0 Å². The Bertz CT molecular complexity index is 565. The van der Waals surface area contributed by atoms with Crippen LogP contribution in [-0.4, -0.2) is 4.57 Å². The molecule has 4 heteroatoms. The van der Waals surface area contributed by atoms with Crippen LogP contribution in [0.5, 0.6) is 0 Å². The van der Waals surface area contributed by atoms with Gasteiger partial charge in [-0.05, 0) is 39.7 Å². The van der Waals surface area contributed by atoms with Gasteiger partial charge in [0.15, 0.2) is 0 Å². The number of pyridine rings is 1. The van der Waals surface area contributed by atoms with Gasteiger partial charge in [0.25, 0.3) is 5.56 Å². The maximum atomic E-state index is 11.6. The van der Waals surface area contributed by atoms with Gasteiger partial charge in [0.2, 0.25) is 0 Å². The van der Waals surface area contributed by atoms with Crippen LogP contribution in [0.15, 0.2) is 51.9 Å². The third-order valence-electron chi connectivity index (χ3n) is 2.19. The quantitative estimate of drug-likeness (QED) is 0.834. The molecule has 2 nitrogen and oxygen atoms in total. The number of hydrogen-bond donors (Lipinski definition) is 0. The molecule has 1 aromatic heterocycles. The van der Waals surface area contributed by atoms with Crippen molar-refractivity contribution in [3.63, 3.8) is 0 Å². The zero-order chi connectivity index (χ0) is 11.5. The molecule has 82 valence electrons. The lowest BCUT2D eigenvalue weighted by molar-refractivity contribution is 0.756. The van der Waals surface area contributed by atoms with E-state index in [1.54, 1.807) is 16.8 Å². The van der Waals surface area contributed by atoms with Crippen molar-refractivity contribution in [1.82, 2.24) is 4.57 Å². The predicted molar refractivity (Wildman–Crippen MR) is 69.0 cm³/mol. The molecule has 16 heavy (non-hydrogen) atoms. The lowest BCUT2D eigenvalue weighted by Crippen LogP contribution is -2.18. The minimum atomic E-state index is -0.0248. The summed E-state index contributed by atoms with van der Waals surface area (Å²) in [7, 11) is 0. The van der Waals surface area contributed by atoms with Crippen LogP contribution in [0.1, 0.15) is 5.56 Å². The lowest BCUT2D eigenvalue weighted by atomic mass is 10.2. The maximum absolute atomic E-state index is 11.6. The van der Waals surface area contributed by atoms with Crippen molar-refractivity contribution < 1.29 is 0 Å². The zero-order valence-electron chi connectivity index (χ0n) is 8.36. The second-order valence-corrected chi connectivity index (χ2v) is 4.80. The molecule has 0 fully saturated rings. The molecule has 0 amide bonds. The van der Waals surface area contributed by atoms with Crippen LogP contribution in [0.3, 0.4) is 0 Å². The van der Waals surface area contributed by atoms with Crippen LogP contribution in [0, 0.1) is 0 Å². The van der Waals surface area contributed by atoms with E-state index in [2.05, 4.69) is 15.9 Å². The van der Waals surface area contributed by atoms with E-state index in [1.165, 1.54) is 6.07 Å². The first-order valence-corrected chi connectivity index (χ1v) is 5.93. The number of halogens is 2. The number of benzene rings is 1. The second kappa shape index (κ2) is 4.85. The zero-order valence-corrected chi connectivity index (χ0v) is 10.7. The highest BCUT2D eigenvalue weighted by Crippen LogP contribution is 2.12. The molecule has 0 aliphatic heterocycles. The van der Waals surface area contributed by atoms with Crippen LogP contribution < -0.4 is 5.56 Å². The Balaban J connectivity index is 2.34. The van der Waals surface area contributed by atoms with Crippen molar-refractivity contribution >= 4 is 27.5 Å². The molecule has 0 aliphatic rings. The molecule has 1 heterocycles. The van der Waals surface area contributed by atoms with Crippen molar-refractivity contribution in [2.45, 2.75) is 6.54 Å². The van der Waals surface area contributed by atoms with Gasteiger partial charge in [-0.3, -0.25) is 4.79 Å². The SMILES string of the molecule is O=c1ccc(Br)cn1Cc1cccc(Cl)c1. The summed E-state index contributed by atoms with van der Waals surface area (Å²) in [5.41, 5.74) is 0.982. The van der Waals surface area contributed by atoms with E-state index >= 15 is 0 Å². The summed E-state index contributed by atoms with van der Waals surface area (Å²) in [6.45, 7) is 0.527. The summed E-state index contributed by atoms with van der Waals surface area (Å²) in [6, 6.07) is 10.8. The summed E-state index contributed by atoms with van der Waals surface area (Å²) >= 11 is 9.22. The molecule has 0 saturated heterocycles. The highest BCUT2D eigenvalue weighted by atomic mass is 79.9.